The highest BCUT2D eigenvalue weighted by Gasteiger charge is 2.00. The summed E-state index contributed by atoms with van der Waals surface area (Å²) in [5, 5.41) is 3.79. The first kappa shape index (κ1) is 13.4. The largest absolute Gasteiger partial charge is 0.325 e. The molecule has 0 bridgehead atoms. The second-order valence-electron chi connectivity index (χ2n) is 3.89. The summed E-state index contributed by atoms with van der Waals surface area (Å²) in [6, 6.07) is 17.3. The summed E-state index contributed by atoms with van der Waals surface area (Å²) in [6.07, 6.45) is 0. The number of guanidine groups is 1. The molecule has 2 rings (SSSR count). The molecule has 0 amide bonds. The van der Waals surface area contributed by atoms with Gasteiger partial charge in [0.05, 0.1) is 6.54 Å². The van der Waals surface area contributed by atoms with Gasteiger partial charge in [0, 0.05) is 10.7 Å². The lowest BCUT2D eigenvalue weighted by Gasteiger charge is -2.09. The third-order valence-corrected chi connectivity index (χ3v) is 2.91. The lowest BCUT2D eigenvalue weighted by Crippen LogP contribution is -2.36. The summed E-state index contributed by atoms with van der Waals surface area (Å²) in [5.41, 5.74) is 4.40. The fourth-order valence-electron chi connectivity index (χ4n) is 1.57. The van der Waals surface area contributed by atoms with Gasteiger partial charge in [-0.25, -0.2) is 10.8 Å². The van der Waals surface area contributed by atoms with Crippen molar-refractivity contribution in [2.75, 3.05) is 5.32 Å². The van der Waals surface area contributed by atoms with Crippen LogP contribution >= 0.6 is 11.6 Å². The first-order valence-electron chi connectivity index (χ1n) is 5.86. The number of nitrogens with zero attached hydrogens (tertiary/aromatic N) is 1. The number of benzene rings is 2. The molecule has 0 heterocycles. The predicted octanol–water partition coefficient (Wildman–Crippen LogP) is 2.77. The van der Waals surface area contributed by atoms with Crippen molar-refractivity contribution in [3.05, 3.63) is 65.2 Å². The molecular weight excluding hydrogens is 260 g/mol. The Hall–Kier alpha value is -2.04. The number of hydrogen-bond donors (Lipinski definition) is 3. The Morgan fingerprint density at radius 1 is 1.05 bits per heavy atom. The molecule has 0 radical (unpaired) electrons. The summed E-state index contributed by atoms with van der Waals surface area (Å²) in [5.74, 6) is 5.94. The zero-order valence-electron chi connectivity index (χ0n) is 10.3. The van der Waals surface area contributed by atoms with E-state index in [0.717, 1.165) is 11.3 Å². The Morgan fingerprint density at radius 3 is 2.42 bits per heavy atom. The van der Waals surface area contributed by atoms with E-state index in [1.165, 1.54) is 0 Å². The van der Waals surface area contributed by atoms with Gasteiger partial charge in [0.2, 0.25) is 5.96 Å². The number of halogens is 1. The van der Waals surface area contributed by atoms with Crippen molar-refractivity contribution in [2.24, 2.45) is 10.8 Å². The van der Waals surface area contributed by atoms with E-state index in [1.54, 1.807) is 0 Å². The number of nitrogens with one attached hydrogen (secondary N) is 2. The van der Waals surface area contributed by atoms with Crippen LogP contribution in [0.1, 0.15) is 5.56 Å². The van der Waals surface area contributed by atoms with Crippen LogP contribution in [0.5, 0.6) is 0 Å². The SMILES string of the molecule is NNC(=NCc1ccccc1Cl)Nc1ccccc1. The monoisotopic (exact) mass is 274 g/mol. The summed E-state index contributed by atoms with van der Waals surface area (Å²) in [4.78, 5) is 4.35. The topological polar surface area (TPSA) is 62.4 Å². The molecule has 0 saturated heterocycles. The van der Waals surface area contributed by atoms with Gasteiger partial charge in [0.15, 0.2) is 0 Å². The van der Waals surface area contributed by atoms with Crippen LogP contribution in [0.3, 0.4) is 0 Å². The zero-order valence-corrected chi connectivity index (χ0v) is 11.1. The Bertz CT molecular complexity index is 554. The second kappa shape index (κ2) is 6.78. The standard InChI is InChI=1S/C14H15ClN4/c15-13-9-5-4-6-11(13)10-17-14(19-16)18-12-7-2-1-3-8-12/h1-9H,10,16H2,(H2,17,18,19). The molecule has 4 nitrogen and oxygen atoms in total. The van der Waals surface area contributed by atoms with Crippen molar-refractivity contribution >= 4 is 23.2 Å². The molecule has 0 atom stereocenters. The van der Waals surface area contributed by atoms with Crippen molar-refractivity contribution in [2.45, 2.75) is 6.54 Å². The van der Waals surface area contributed by atoms with Crippen molar-refractivity contribution < 1.29 is 0 Å². The van der Waals surface area contributed by atoms with E-state index in [9.17, 15) is 0 Å². The van der Waals surface area contributed by atoms with Crippen LogP contribution in [0.4, 0.5) is 5.69 Å². The number of nitrogens with two attached hydrogens (primary N) is 1. The number of hydrogen-bond acceptors (Lipinski definition) is 2. The van der Waals surface area contributed by atoms with E-state index in [4.69, 9.17) is 17.4 Å². The first-order valence-corrected chi connectivity index (χ1v) is 6.24. The maximum atomic E-state index is 6.07. The van der Waals surface area contributed by atoms with Crippen LogP contribution in [-0.2, 0) is 6.54 Å². The summed E-state index contributed by atoms with van der Waals surface area (Å²) in [6.45, 7) is 0.457. The number of para-hydroxylation sites is 1. The van der Waals surface area contributed by atoms with Crippen LogP contribution in [-0.4, -0.2) is 5.96 Å². The molecule has 2 aromatic rings. The quantitative estimate of drug-likeness (QED) is 0.349. The lowest BCUT2D eigenvalue weighted by molar-refractivity contribution is 0.968. The van der Waals surface area contributed by atoms with Crippen LogP contribution in [0, 0.1) is 0 Å². The molecule has 0 saturated carbocycles. The molecule has 0 aliphatic heterocycles. The average Bonchev–Trinajstić information content (AvgIpc) is 2.46. The minimum absolute atomic E-state index is 0.457. The van der Waals surface area contributed by atoms with Gasteiger partial charge in [-0.05, 0) is 23.8 Å². The van der Waals surface area contributed by atoms with Gasteiger partial charge >= 0.3 is 0 Å². The minimum Gasteiger partial charge on any atom is -0.325 e. The highest BCUT2D eigenvalue weighted by atomic mass is 35.5. The fourth-order valence-corrected chi connectivity index (χ4v) is 1.77. The van der Waals surface area contributed by atoms with E-state index in [2.05, 4.69) is 15.7 Å². The van der Waals surface area contributed by atoms with Crippen LogP contribution in [0.15, 0.2) is 59.6 Å². The molecule has 0 unspecified atom stereocenters. The van der Waals surface area contributed by atoms with E-state index in [-0.39, 0.29) is 0 Å². The van der Waals surface area contributed by atoms with Crippen LogP contribution in [0.25, 0.3) is 0 Å². The van der Waals surface area contributed by atoms with Crippen molar-refractivity contribution in [1.29, 1.82) is 0 Å². The molecule has 0 spiro atoms. The van der Waals surface area contributed by atoms with Gasteiger partial charge in [-0.3, -0.25) is 5.43 Å². The molecule has 19 heavy (non-hydrogen) atoms. The molecule has 98 valence electrons. The Balaban J connectivity index is 2.06. The van der Waals surface area contributed by atoms with Gasteiger partial charge in [-0.15, -0.1) is 0 Å². The van der Waals surface area contributed by atoms with E-state index < -0.39 is 0 Å². The number of rotatable bonds is 3. The second-order valence-corrected chi connectivity index (χ2v) is 4.30. The summed E-state index contributed by atoms with van der Waals surface area (Å²) < 4.78 is 0. The van der Waals surface area contributed by atoms with Crippen molar-refractivity contribution in [3.63, 3.8) is 0 Å². The maximum absolute atomic E-state index is 6.07. The van der Waals surface area contributed by atoms with Crippen molar-refractivity contribution in [1.82, 2.24) is 5.43 Å². The lowest BCUT2D eigenvalue weighted by atomic mass is 10.2. The molecule has 0 fully saturated rings. The van der Waals surface area contributed by atoms with Gasteiger partial charge in [-0.1, -0.05) is 48.0 Å². The van der Waals surface area contributed by atoms with E-state index >= 15 is 0 Å². The van der Waals surface area contributed by atoms with Crippen LogP contribution in [0.2, 0.25) is 5.02 Å². The third kappa shape index (κ3) is 3.98. The van der Waals surface area contributed by atoms with Crippen LogP contribution < -0.4 is 16.6 Å². The highest BCUT2D eigenvalue weighted by molar-refractivity contribution is 6.31. The fraction of sp³-hybridized carbons (Fsp3) is 0.0714. The molecule has 0 aromatic heterocycles. The first-order chi connectivity index (χ1) is 9.29. The molecular formula is C14H15ClN4. The molecule has 0 aliphatic carbocycles. The predicted molar refractivity (Wildman–Crippen MR) is 80.0 cm³/mol. The van der Waals surface area contributed by atoms with E-state index in [0.29, 0.717) is 17.5 Å². The molecule has 0 aliphatic rings. The smallest absolute Gasteiger partial charge is 0.210 e. The number of aliphatic imine (C=N–C) groups is 1. The Kier molecular flexibility index (Phi) is 4.78. The molecule has 4 N–H and O–H groups in total. The van der Waals surface area contributed by atoms with Gasteiger partial charge in [0.25, 0.3) is 0 Å². The van der Waals surface area contributed by atoms with Crippen molar-refractivity contribution in [3.8, 4) is 0 Å². The van der Waals surface area contributed by atoms with Gasteiger partial charge in [-0.2, -0.15) is 0 Å². The Morgan fingerprint density at radius 2 is 1.74 bits per heavy atom. The Labute approximate surface area is 117 Å². The number of anilines is 1. The molecule has 5 heteroatoms. The number of hydrazine groups is 1. The molecule has 2 aromatic carbocycles. The summed E-state index contributed by atoms with van der Waals surface area (Å²) in [7, 11) is 0. The average molecular weight is 275 g/mol. The minimum atomic E-state index is 0.457. The maximum Gasteiger partial charge on any atom is 0.210 e. The third-order valence-electron chi connectivity index (χ3n) is 2.54. The highest BCUT2D eigenvalue weighted by Crippen LogP contribution is 2.15. The zero-order chi connectivity index (χ0) is 13.5. The van der Waals surface area contributed by atoms with E-state index in [1.807, 2.05) is 54.6 Å². The normalized spacial score (nSPS) is 11.2. The van der Waals surface area contributed by atoms with Gasteiger partial charge in [0.1, 0.15) is 0 Å². The van der Waals surface area contributed by atoms with Gasteiger partial charge < -0.3 is 5.32 Å². The summed E-state index contributed by atoms with van der Waals surface area (Å²) >= 11 is 6.07.